The van der Waals surface area contributed by atoms with Crippen LogP contribution < -0.4 is 4.90 Å². The summed E-state index contributed by atoms with van der Waals surface area (Å²) in [7, 11) is 0. The van der Waals surface area contributed by atoms with Crippen molar-refractivity contribution in [1.82, 2.24) is 4.98 Å². The van der Waals surface area contributed by atoms with Gasteiger partial charge < -0.3 is 10.0 Å². The highest BCUT2D eigenvalue weighted by molar-refractivity contribution is 5.85. The average molecular weight is 260 g/mol. The number of carboxylic acid groups (broad SMARTS) is 1. The fourth-order valence-corrected chi connectivity index (χ4v) is 3.34. The highest BCUT2D eigenvalue weighted by atomic mass is 16.4. The van der Waals surface area contributed by atoms with Crippen molar-refractivity contribution in [2.24, 2.45) is 5.92 Å². The Balaban J connectivity index is 1.84. The first-order valence-corrected chi connectivity index (χ1v) is 7.13. The molecule has 1 saturated carbocycles. The van der Waals surface area contributed by atoms with Crippen LogP contribution in [0, 0.1) is 5.92 Å². The molecule has 2 fully saturated rings. The second-order valence-electron chi connectivity index (χ2n) is 5.69. The van der Waals surface area contributed by atoms with Crippen molar-refractivity contribution < 1.29 is 9.90 Å². The molecule has 0 spiro atoms. The molecule has 3 rings (SSSR count). The summed E-state index contributed by atoms with van der Waals surface area (Å²) in [6, 6.07) is 3.95. The Morgan fingerprint density at radius 3 is 2.68 bits per heavy atom. The third kappa shape index (κ3) is 1.90. The lowest BCUT2D eigenvalue weighted by Gasteiger charge is -2.18. The van der Waals surface area contributed by atoms with Crippen molar-refractivity contribution in [3.8, 4) is 0 Å². The van der Waals surface area contributed by atoms with Crippen LogP contribution in [0.2, 0.25) is 0 Å². The summed E-state index contributed by atoms with van der Waals surface area (Å²) >= 11 is 0. The van der Waals surface area contributed by atoms with E-state index in [1.54, 1.807) is 6.20 Å². The van der Waals surface area contributed by atoms with Gasteiger partial charge in [0.2, 0.25) is 0 Å². The van der Waals surface area contributed by atoms with Gasteiger partial charge in [-0.25, -0.2) is 4.98 Å². The lowest BCUT2D eigenvalue weighted by Crippen LogP contribution is -2.24. The summed E-state index contributed by atoms with van der Waals surface area (Å²) in [5.74, 6) is 0.551. The second kappa shape index (κ2) is 4.51. The van der Waals surface area contributed by atoms with E-state index in [-0.39, 0.29) is 5.92 Å². The molecule has 4 nitrogen and oxygen atoms in total. The predicted molar refractivity (Wildman–Crippen MR) is 73.4 cm³/mol. The second-order valence-corrected chi connectivity index (χ2v) is 5.69. The predicted octanol–water partition coefficient (Wildman–Crippen LogP) is 2.43. The molecule has 0 amide bonds. The number of carboxylic acids is 1. The molecule has 1 aliphatic carbocycles. The highest BCUT2D eigenvalue weighted by Gasteiger charge is 2.60. The van der Waals surface area contributed by atoms with Crippen LogP contribution in [0.1, 0.15) is 38.2 Å². The van der Waals surface area contributed by atoms with Gasteiger partial charge in [0.25, 0.3) is 0 Å². The molecule has 1 N–H and O–H groups in total. The number of hydrogen-bond acceptors (Lipinski definition) is 3. The Kier molecular flexibility index (Phi) is 2.96. The lowest BCUT2D eigenvalue weighted by atomic mass is 9.94. The molecular weight excluding hydrogens is 240 g/mol. The number of aromatic nitrogens is 1. The van der Waals surface area contributed by atoms with Crippen molar-refractivity contribution in [2.45, 2.75) is 38.0 Å². The van der Waals surface area contributed by atoms with Crippen LogP contribution in [-0.4, -0.2) is 29.1 Å². The standard InChI is InChI=1S/C15H20N2O2/c1-2-11-9-15(11,14(18)19)12-5-6-13(16-10-12)17-7-3-4-8-17/h5-6,10-11H,2-4,7-9H2,1H3,(H,18,19). The van der Waals surface area contributed by atoms with E-state index >= 15 is 0 Å². The largest absolute Gasteiger partial charge is 0.481 e. The van der Waals surface area contributed by atoms with Crippen LogP contribution in [0.4, 0.5) is 5.82 Å². The van der Waals surface area contributed by atoms with E-state index in [0.717, 1.165) is 37.3 Å². The molecule has 2 unspecified atom stereocenters. The summed E-state index contributed by atoms with van der Waals surface area (Å²) in [5, 5.41) is 9.50. The maximum absolute atomic E-state index is 11.6. The van der Waals surface area contributed by atoms with E-state index in [0.29, 0.717) is 0 Å². The maximum atomic E-state index is 11.6. The number of nitrogens with zero attached hydrogens (tertiary/aromatic N) is 2. The molecule has 0 aromatic carbocycles. The maximum Gasteiger partial charge on any atom is 0.314 e. The number of pyridine rings is 1. The molecule has 19 heavy (non-hydrogen) atoms. The van der Waals surface area contributed by atoms with E-state index in [1.807, 2.05) is 12.1 Å². The summed E-state index contributed by atoms with van der Waals surface area (Å²) in [6.45, 7) is 4.18. The van der Waals surface area contributed by atoms with Gasteiger partial charge in [0.05, 0.1) is 5.41 Å². The third-order valence-corrected chi connectivity index (χ3v) is 4.67. The SMILES string of the molecule is CCC1CC1(C(=O)O)c1ccc(N2CCCC2)nc1. The Morgan fingerprint density at radius 2 is 2.21 bits per heavy atom. The van der Waals surface area contributed by atoms with Gasteiger partial charge in [0, 0.05) is 19.3 Å². The summed E-state index contributed by atoms with van der Waals surface area (Å²) in [4.78, 5) is 18.3. The monoisotopic (exact) mass is 260 g/mol. The lowest BCUT2D eigenvalue weighted by molar-refractivity contribution is -0.140. The number of anilines is 1. The van der Waals surface area contributed by atoms with E-state index in [1.165, 1.54) is 12.8 Å². The van der Waals surface area contributed by atoms with Gasteiger partial charge in [-0.05, 0) is 36.8 Å². The van der Waals surface area contributed by atoms with E-state index < -0.39 is 11.4 Å². The average Bonchev–Trinajstić information content (AvgIpc) is 2.94. The molecule has 2 atom stereocenters. The van der Waals surface area contributed by atoms with E-state index in [9.17, 15) is 9.90 Å². The van der Waals surface area contributed by atoms with E-state index in [2.05, 4.69) is 16.8 Å². The minimum Gasteiger partial charge on any atom is -0.481 e. The van der Waals surface area contributed by atoms with Crippen molar-refractivity contribution in [3.05, 3.63) is 23.9 Å². The Hall–Kier alpha value is -1.58. The number of aliphatic carboxylic acids is 1. The molecule has 2 aliphatic rings. The first kappa shape index (κ1) is 12.5. The van der Waals surface area contributed by atoms with Crippen molar-refractivity contribution in [1.29, 1.82) is 0 Å². The molecule has 1 aliphatic heterocycles. The molecule has 4 heteroatoms. The third-order valence-electron chi connectivity index (χ3n) is 4.67. The molecule has 0 radical (unpaired) electrons. The van der Waals surface area contributed by atoms with Gasteiger partial charge in [0.15, 0.2) is 0 Å². The van der Waals surface area contributed by atoms with Crippen molar-refractivity contribution in [3.63, 3.8) is 0 Å². The Bertz CT molecular complexity index is 479. The normalized spacial score (nSPS) is 29.5. The highest BCUT2D eigenvalue weighted by Crippen LogP contribution is 2.56. The van der Waals surface area contributed by atoms with Crippen LogP contribution in [0.15, 0.2) is 18.3 Å². The quantitative estimate of drug-likeness (QED) is 0.903. The van der Waals surface area contributed by atoms with Crippen LogP contribution in [0.25, 0.3) is 0 Å². The smallest absolute Gasteiger partial charge is 0.314 e. The minimum atomic E-state index is -0.699. The van der Waals surface area contributed by atoms with Gasteiger partial charge >= 0.3 is 5.97 Å². The van der Waals surface area contributed by atoms with Crippen LogP contribution in [0.5, 0.6) is 0 Å². The van der Waals surface area contributed by atoms with Crippen LogP contribution in [0.3, 0.4) is 0 Å². The first-order valence-electron chi connectivity index (χ1n) is 7.13. The first-order chi connectivity index (χ1) is 9.18. The van der Waals surface area contributed by atoms with Crippen molar-refractivity contribution in [2.75, 3.05) is 18.0 Å². The topological polar surface area (TPSA) is 53.4 Å². The zero-order valence-corrected chi connectivity index (χ0v) is 11.3. The van der Waals surface area contributed by atoms with Crippen LogP contribution in [-0.2, 0) is 10.2 Å². The molecule has 102 valence electrons. The van der Waals surface area contributed by atoms with Gasteiger partial charge in [-0.2, -0.15) is 0 Å². The number of hydrogen-bond donors (Lipinski definition) is 1. The summed E-state index contributed by atoms with van der Waals surface area (Å²) in [6.07, 6.45) is 5.89. The molecular formula is C15H20N2O2. The Morgan fingerprint density at radius 1 is 1.47 bits per heavy atom. The number of carbonyl (C=O) groups is 1. The van der Waals surface area contributed by atoms with Gasteiger partial charge in [-0.15, -0.1) is 0 Å². The zero-order chi connectivity index (χ0) is 13.5. The van der Waals surface area contributed by atoms with E-state index in [4.69, 9.17) is 0 Å². The van der Waals surface area contributed by atoms with Crippen LogP contribution >= 0.6 is 0 Å². The zero-order valence-electron chi connectivity index (χ0n) is 11.3. The van der Waals surface area contributed by atoms with Gasteiger partial charge in [0.1, 0.15) is 5.82 Å². The molecule has 1 aromatic rings. The van der Waals surface area contributed by atoms with Gasteiger partial charge in [-0.1, -0.05) is 19.4 Å². The summed E-state index contributed by atoms with van der Waals surface area (Å²) in [5.41, 5.74) is 0.209. The minimum absolute atomic E-state index is 0.268. The van der Waals surface area contributed by atoms with Gasteiger partial charge in [-0.3, -0.25) is 4.79 Å². The van der Waals surface area contributed by atoms with Crippen molar-refractivity contribution >= 4 is 11.8 Å². The molecule has 1 aromatic heterocycles. The molecule has 0 bridgehead atoms. The number of rotatable bonds is 4. The molecule has 2 heterocycles. The summed E-state index contributed by atoms with van der Waals surface area (Å²) < 4.78 is 0. The fourth-order valence-electron chi connectivity index (χ4n) is 3.34. The molecule has 1 saturated heterocycles. The fraction of sp³-hybridized carbons (Fsp3) is 0.600. The Labute approximate surface area is 113 Å².